The zero-order chi connectivity index (χ0) is 31.5. The number of aliphatic imine (C=N–C) groups is 1. The van der Waals surface area contributed by atoms with Crippen LogP contribution in [0.3, 0.4) is 0 Å². The number of aliphatic hydroxyl groups excluding tert-OH is 1. The molecule has 43 heavy (non-hydrogen) atoms. The molecule has 4 rings (SSSR count). The molecule has 9 nitrogen and oxygen atoms in total. The fourth-order valence-electron chi connectivity index (χ4n) is 4.66. The van der Waals surface area contributed by atoms with E-state index in [2.05, 4.69) is 40.4 Å². The van der Waals surface area contributed by atoms with Crippen LogP contribution in [0.15, 0.2) is 71.6 Å². The van der Waals surface area contributed by atoms with Crippen LogP contribution in [-0.4, -0.2) is 51.2 Å². The number of rotatable bonds is 13. The number of aromatic amines is 1. The van der Waals surface area contributed by atoms with Gasteiger partial charge >= 0.3 is 5.69 Å². The Kier molecular flexibility index (Phi) is 12.6. The van der Waals surface area contributed by atoms with Crippen LogP contribution < -0.4 is 22.5 Å². The monoisotopic (exact) mass is 609 g/mol. The van der Waals surface area contributed by atoms with Gasteiger partial charge in [-0.05, 0) is 87.5 Å². The lowest BCUT2D eigenvalue weighted by Crippen LogP contribution is -2.24. The first kappa shape index (κ1) is 33.7. The molecule has 7 N–H and O–H groups in total. The normalized spacial score (nSPS) is 13.0. The topological polar surface area (TPSA) is 147 Å². The van der Waals surface area contributed by atoms with Crippen molar-refractivity contribution in [3.05, 3.63) is 94.3 Å². The SMILES string of the molecule is C=C.CC(N)=NCCCNC(C)c1ccc(-n2cc3cc(-c4cc(CCCC(N)CO)cc(Cl)c4F)[nH]c3nc2=O)cc1. The van der Waals surface area contributed by atoms with Gasteiger partial charge < -0.3 is 26.9 Å². The Morgan fingerprint density at radius 1 is 1.23 bits per heavy atom. The van der Waals surface area contributed by atoms with Crippen LogP contribution in [0.5, 0.6) is 0 Å². The minimum Gasteiger partial charge on any atom is -0.395 e. The lowest BCUT2D eigenvalue weighted by molar-refractivity contribution is 0.258. The maximum absolute atomic E-state index is 15.1. The van der Waals surface area contributed by atoms with Crippen molar-refractivity contribution in [2.75, 3.05) is 19.7 Å². The van der Waals surface area contributed by atoms with E-state index < -0.39 is 11.5 Å². The third-order valence-electron chi connectivity index (χ3n) is 6.98. The Bertz CT molecular complexity index is 1580. The molecule has 0 radical (unpaired) electrons. The molecule has 0 amide bonds. The van der Waals surface area contributed by atoms with Crippen LogP contribution in [0.25, 0.3) is 28.0 Å². The molecular formula is C32H41ClFN7O2. The van der Waals surface area contributed by atoms with Crippen LogP contribution in [0.2, 0.25) is 5.02 Å². The highest BCUT2D eigenvalue weighted by Gasteiger charge is 2.16. The number of nitrogens with two attached hydrogens (primary N) is 2. The highest BCUT2D eigenvalue weighted by Crippen LogP contribution is 2.31. The van der Waals surface area contributed by atoms with Gasteiger partial charge in [-0.25, -0.2) is 9.18 Å². The molecule has 2 heterocycles. The summed E-state index contributed by atoms with van der Waals surface area (Å²) in [6.07, 6.45) is 4.59. The summed E-state index contributed by atoms with van der Waals surface area (Å²) < 4.78 is 16.5. The summed E-state index contributed by atoms with van der Waals surface area (Å²) in [5.74, 6) is 0.0372. The van der Waals surface area contributed by atoms with E-state index in [1.54, 1.807) is 31.3 Å². The van der Waals surface area contributed by atoms with Crippen molar-refractivity contribution in [2.24, 2.45) is 16.5 Å². The molecule has 2 unspecified atom stereocenters. The van der Waals surface area contributed by atoms with Gasteiger partial charge in [0, 0.05) is 35.8 Å². The van der Waals surface area contributed by atoms with Crippen LogP contribution >= 0.6 is 11.6 Å². The lowest BCUT2D eigenvalue weighted by Gasteiger charge is -2.15. The number of aromatic nitrogens is 3. The van der Waals surface area contributed by atoms with E-state index in [-0.39, 0.29) is 23.7 Å². The quantitative estimate of drug-likeness (QED) is 0.0621. The maximum Gasteiger partial charge on any atom is 0.354 e. The van der Waals surface area contributed by atoms with Crippen molar-refractivity contribution in [1.29, 1.82) is 0 Å². The number of H-pyrrole nitrogens is 1. The molecular weight excluding hydrogens is 569 g/mol. The molecule has 0 saturated heterocycles. The van der Waals surface area contributed by atoms with E-state index in [1.807, 2.05) is 24.3 Å². The molecule has 2 atom stereocenters. The van der Waals surface area contributed by atoms with Crippen molar-refractivity contribution in [2.45, 2.75) is 51.6 Å². The molecule has 0 aliphatic carbocycles. The number of benzene rings is 2. The number of nitrogens with one attached hydrogen (secondary N) is 2. The number of amidine groups is 1. The van der Waals surface area contributed by atoms with E-state index in [1.165, 1.54) is 4.57 Å². The Morgan fingerprint density at radius 2 is 1.95 bits per heavy atom. The average molecular weight is 610 g/mol. The van der Waals surface area contributed by atoms with Gasteiger partial charge in [0.05, 0.1) is 28.8 Å². The summed E-state index contributed by atoms with van der Waals surface area (Å²) in [4.78, 5) is 24.4. The van der Waals surface area contributed by atoms with Gasteiger partial charge in [-0.3, -0.25) is 9.56 Å². The van der Waals surface area contributed by atoms with Gasteiger partial charge in [-0.1, -0.05) is 23.7 Å². The maximum atomic E-state index is 15.1. The molecule has 0 aliphatic heterocycles. The highest BCUT2D eigenvalue weighted by molar-refractivity contribution is 6.31. The molecule has 0 aliphatic rings. The fraction of sp³-hybridized carbons (Fsp3) is 0.344. The predicted octanol–water partition coefficient (Wildman–Crippen LogP) is 5.04. The third-order valence-corrected chi connectivity index (χ3v) is 7.25. The molecule has 0 spiro atoms. The number of hydrogen-bond donors (Lipinski definition) is 5. The zero-order valence-electron chi connectivity index (χ0n) is 24.7. The predicted molar refractivity (Wildman–Crippen MR) is 175 cm³/mol. The van der Waals surface area contributed by atoms with Crippen molar-refractivity contribution < 1.29 is 9.50 Å². The second kappa shape index (κ2) is 16.1. The fourth-order valence-corrected chi connectivity index (χ4v) is 4.91. The first-order chi connectivity index (χ1) is 20.7. The van der Waals surface area contributed by atoms with Crippen molar-refractivity contribution in [3.8, 4) is 16.9 Å². The Morgan fingerprint density at radius 3 is 2.63 bits per heavy atom. The number of halogens is 2. The summed E-state index contributed by atoms with van der Waals surface area (Å²) in [5.41, 5.74) is 14.7. The standard InChI is InChI=1S/C30H37ClFN7O2.C2H4/c1-18(35-11-4-12-36-19(2)33)21-7-9-24(10-8-21)39-16-22-15-27(37-29(22)38-30(39)41)25-13-20(14-26(31)28(25)32)5-3-6-23(34)17-40;1-2/h7-10,13-16,18,23,35,40H,3-6,11-12,17,34H2,1-2H3,(H2,33,36)(H,37,38,41);1-2H2. The minimum absolute atomic E-state index is 0.0121. The second-order valence-electron chi connectivity index (χ2n) is 10.3. The Balaban J connectivity index is 0.00000248. The van der Waals surface area contributed by atoms with E-state index in [9.17, 15) is 4.79 Å². The van der Waals surface area contributed by atoms with Gasteiger partial charge in [-0.2, -0.15) is 4.98 Å². The van der Waals surface area contributed by atoms with Gasteiger partial charge in [0.1, 0.15) is 5.65 Å². The summed E-state index contributed by atoms with van der Waals surface area (Å²) in [6.45, 7) is 11.3. The van der Waals surface area contributed by atoms with Crippen LogP contribution in [0.1, 0.15) is 50.3 Å². The molecule has 0 fully saturated rings. The molecule has 2 aromatic carbocycles. The molecule has 2 aromatic heterocycles. The number of nitrogens with zero attached hydrogens (tertiary/aromatic N) is 3. The zero-order valence-corrected chi connectivity index (χ0v) is 25.5. The van der Waals surface area contributed by atoms with Crippen molar-refractivity contribution >= 4 is 28.5 Å². The molecule has 230 valence electrons. The third kappa shape index (κ3) is 9.08. The second-order valence-corrected chi connectivity index (χ2v) is 10.7. The van der Waals surface area contributed by atoms with E-state index >= 15 is 4.39 Å². The molecule has 0 saturated carbocycles. The first-order valence-electron chi connectivity index (χ1n) is 14.2. The number of hydrogen-bond acceptors (Lipinski definition) is 6. The van der Waals surface area contributed by atoms with Crippen LogP contribution in [0.4, 0.5) is 4.39 Å². The van der Waals surface area contributed by atoms with Gasteiger partial charge in [0.25, 0.3) is 0 Å². The average Bonchev–Trinajstić information content (AvgIpc) is 3.41. The molecule has 11 heteroatoms. The number of fused-ring (bicyclic) bond motifs is 1. The summed E-state index contributed by atoms with van der Waals surface area (Å²) in [5, 5.41) is 13.3. The number of aryl methyl sites for hydroxylation is 1. The summed E-state index contributed by atoms with van der Waals surface area (Å²) in [6, 6.07) is 12.7. The molecule has 0 bridgehead atoms. The lowest BCUT2D eigenvalue weighted by atomic mass is 10.0. The molecule has 4 aromatic rings. The smallest absolute Gasteiger partial charge is 0.354 e. The van der Waals surface area contributed by atoms with E-state index in [4.69, 9.17) is 28.2 Å². The van der Waals surface area contributed by atoms with Crippen molar-refractivity contribution in [1.82, 2.24) is 19.9 Å². The van der Waals surface area contributed by atoms with Gasteiger partial charge in [0.15, 0.2) is 5.82 Å². The van der Waals surface area contributed by atoms with Crippen LogP contribution in [0, 0.1) is 5.82 Å². The summed E-state index contributed by atoms with van der Waals surface area (Å²) >= 11 is 6.22. The minimum atomic E-state index is -0.551. The Labute approximate surface area is 256 Å². The first-order valence-corrected chi connectivity index (χ1v) is 14.6. The van der Waals surface area contributed by atoms with Crippen LogP contribution in [-0.2, 0) is 6.42 Å². The van der Waals surface area contributed by atoms with Gasteiger partial charge in [-0.15, -0.1) is 13.2 Å². The highest BCUT2D eigenvalue weighted by atomic mass is 35.5. The summed E-state index contributed by atoms with van der Waals surface area (Å²) in [7, 11) is 0. The van der Waals surface area contributed by atoms with Crippen molar-refractivity contribution in [3.63, 3.8) is 0 Å². The Hall–Kier alpha value is -3.83. The van der Waals surface area contributed by atoms with E-state index in [0.29, 0.717) is 53.2 Å². The van der Waals surface area contributed by atoms with E-state index in [0.717, 1.165) is 30.5 Å². The largest absolute Gasteiger partial charge is 0.395 e. The number of aliphatic hydroxyl groups is 1. The van der Waals surface area contributed by atoms with Gasteiger partial charge in [0.2, 0.25) is 0 Å².